The van der Waals surface area contributed by atoms with E-state index in [1.165, 1.54) is 0 Å². The highest BCUT2D eigenvalue weighted by Gasteiger charge is 2.32. The van der Waals surface area contributed by atoms with Crippen molar-refractivity contribution in [3.05, 3.63) is 54.1 Å². The molecule has 2 aromatic rings. The van der Waals surface area contributed by atoms with Crippen LogP contribution in [-0.4, -0.2) is 37.6 Å². The van der Waals surface area contributed by atoms with Crippen molar-refractivity contribution in [1.29, 1.82) is 0 Å². The van der Waals surface area contributed by atoms with E-state index in [2.05, 4.69) is 5.32 Å². The molecule has 5 heteroatoms. The van der Waals surface area contributed by atoms with Crippen LogP contribution >= 0.6 is 0 Å². The molecule has 0 unspecified atom stereocenters. The Labute approximate surface area is 148 Å². The van der Waals surface area contributed by atoms with E-state index in [-0.39, 0.29) is 12.5 Å². The van der Waals surface area contributed by atoms with Gasteiger partial charge in [-0.1, -0.05) is 18.2 Å². The number of hydrogen-bond acceptors (Lipinski definition) is 4. The summed E-state index contributed by atoms with van der Waals surface area (Å²) < 4.78 is 10.8. The molecule has 1 fully saturated rings. The van der Waals surface area contributed by atoms with E-state index in [0.29, 0.717) is 12.6 Å². The number of carbonyl (C=O) groups is 1. The minimum absolute atomic E-state index is 0.0937. The molecule has 0 saturated heterocycles. The molecule has 1 aliphatic carbocycles. The first-order chi connectivity index (χ1) is 12.2. The maximum atomic E-state index is 12.7. The molecular weight excluding hydrogens is 316 g/mol. The Morgan fingerprint density at radius 2 is 1.88 bits per heavy atom. The Balaban J connectivity index is 1.70. The molecule has 0 atom stereocenters. The number of nitrogens with zero attached hydrogens (tertiary/aromatic N) is 1. The van der Waals surface area contributed by atoms with Gasteiger partial charge in [0.15, 0.2) is 0 Å². The van der Waals surface area contributed by atoms with Crippen LogP contribution in [0.5, 0.6) is 11.5 Å². The lowest BCUT2D eigenvalue weighted by Gasteiger charge is -2.24. The largest absolute Gasteiger partial charge is 0.497 e. The SMILES string of the molecule is COc1ccc(OC)c(CN(C(=O)CNc2ccccc2)C2CC2)c1. The number of ether oxygens (including phenoxy) is 2. The van der Waals surface area contributed by atoms with Crippen molar-refractivity contribution in [1.82, 2.24) is 4.90 Å². The smallest absolute Gasteiger partial charge is 0.242 e. The van der Waals surface area contributed by atoms with Crippen molar-refractivity contribution < 1.29 is 14.3 Å². The van der Waals surface area contributed by atoms with E-state index in [1.54, 1.807) is 14.2 Å². The fourth-order valence-corrected chi connectivity index (χ4v) is 2.83. The summed E-state index contributed by atoms with van der Waals surface area (Å²) >= 11 is 0. The topological polar surface area (TPSA) is 50.8 Å². The number of nitrogens with one attached hydrogen (secondary N) is 1. The van der Waals surface area contributed by atoms with Crippen molar-refractivity contribution in [2.45, 2.75) is 25.4 Å². The molecule has 0 bridgehead atoms. The fourth-order valence-electron chi connectivity index (χ4n) is 2.83. The predicted octanol–water partition coefficient (Wildman–Crippen LogP) is 3.31. The van der Waals surface area contributed by atoms with E-state index in [9.17, 15) is 4.79 Å². The van der Waals surface area contributed by atoms with Crippen LogP contribution in [0.3, 0.4) is 0 Å². The van der Waals surface area contributed by atoms with Crippen LogP contribution in [0.2, 0.25) is 0 Å². The molecule has 3 rings (SSSR count). The third kappa shape index (κ3) is 4.44. The van der Waals surface area contributed by atoms with E-state index in [1.807, 2.05) is 53.4 Å². The summed E-state index contributed by atoms with van der Waals surface area (Å²) in [6.45, 7) is 0.813. The van der Waals surface area contributed by atoms with Crippen molar-refractivity contribution in [2.24, 2.45) is 0 Å². The van der Waals surface area contributed by atoms with Gasteiger partial charge in [0.05, 0.1) is 20.8 Å². The van der Waals surface area contributed by atoms with Gasteiger partial charge in [-0.05, 0) is 43.2 Å². The zero-order chi connectivity index (χ0) is 17.6. The summed E-state index contributed by atoms with van der Waals surface area (Å²) in [7, 11) is 3.28. The highest BCUT2D eigenvalue weighted by atomic mass is 16.5. The van der Waals surface area contributed by atoms with Gasteiger partial charge in [0.1, 0.15) is 11.5 Å². The van der Waals surface area contributed by atoms with Gasteiger partial charge in [-0.15, -0.1) is 0 Å². The number of methoxy groups -OCH3 is 2. The summed E-state index contributed by atoms with van der Waals surface area (Å²) in [5.74, 6) is 1.63. The van der Waals surface area contributed by atoms with E-state index < -0.39 is 0 Å². The first kappa shape index (κ1) is 17.1. The van der Waals surface area contributed by atoms with Gasteiger partial charge in [-0.3, -0.25) is 4.79 Å². The van der Waals surface area contributed by atoms with E-state index in [0.717, 1.165) is 35.6 Å². The lowest BCUT2D eigenvalue weighted by molar-refractivity contribution is -0.130. The van der Waals surface area contributed by atoms with E-state index >= 15 is 0 Å². The molecule has 1 aliphatic rings. The Hall–Kier alpha value is -2.69. The first-order valence-electron chi connectivity index (χ1n) is 8.50. The Morgan fingerprint density at radius 1 is 1.12 bits per heavy atom. The minimum Gasteiger partial charge on any atom is -0.497 e. The standard InChI is InChI=1S/C20H24N2O3/c1-24-18-10-11-19(25-2)15(12-18)14-22(17-8-9-17)20(23)13-21-16-6-4-3-5-7-16/h3-7,10-12,17,21H,8-9,13-14H2,1-2H3. The van der Waals surface area contributed by atoms with Crippen LogP contribution in [-0.2, 0) is 11.3 Å². The van der Waals surface area contributed by atoms with Gasteiger partial charge < -0.3 is 19.7 Å². The third-order valence-electron chi connectivity index (χ3n) is 4.35. The monoisotopic (exact) mass is 340 g/mol. The summed E-state index contributed by atoms with van der Waals surface area (Å²) in [4.78, 5) is 14.7. The molecule has 0 spiro atoms. The number of hydrogen-bond donors (Lipinski definition) is 1. The maximum Gasteiger partial charge on any atom is 0.242 e. The number of benzene rings is 2. The Bertz CT molecular complexity index is 714. The molecule has 132 valence electrons. The molecule has 0 aliphatic heterocycles. The van der Waals surface area contributed by atoms with Gasteiger partial charge in [-0.2, -0.15) is 0 Å². The molecule has 1 saturated carbocycles. The van der Waals surface area contributed by atoms with Gasteiger partial charge in [0.25, 0.3) is 0 Å². The summed E-state index contributed by atoms with van der Waals surface area (Å²) in [6.07, 6.45) is 2.12. The summed E-state index contributed by atoms with van der Waals surface area (Å²) in [5.41, 5.74) is 1.91. The van der Waals surface area contributed by atoms with Crippen molar-refractivity contribution >= 4 is 11.6 Å². The normalized spacial score (nSPS) is 13.2. The maximum absolute atomic E-state index is 12.7. The number of amides is 1. The van der Waals surface area contributed by atoms with Crippen molar-refractivity contribution in [2.75, 3.05) is 26.1 Å². The molecule has 0 radical (unpaired) electrons. The Morgan fingerprint density at radius 3 is 2.52 bits per heavy atom. The van der Waals surface area contributed by atoms with Crippen molar-refractivity contribution in [3.63, 3.8) is 0 Å². The van der Waals surface area contributed by atoms with Crippen LogP contribution in [0, 0.1) is 0 Å². The molecule has 0 heterocycles. The molecule has 2 aromatic carbocycles. The number of anilines is 1. The predicted molar refractivity (Wildman–Crippen MR) is 98.0 cm³/mol. The van der Waals surface area contributed by atoms with Crippen LogP contribution < -0.4 is 14.8 Å². The van der Waals surface area contributed by atoms with E-state index in [4.69, 9.17) is 9.47 Å². The molecule has 1 amide bonds. The lowest BCUT2D eigenvalue weighted by atomic mass is 10.1. The second-order valence-electron chi connectivity index (χ2n) is 6.15. The zero-order valence-corrected chi connectivity index (χ0v) is 14.7. The molecular formula is C20H24N2O3. The van der Waals surface area contributed by atoms with Crippen LogP contribution in [0.4, 0.5) is 5.69 Å². The average Bonchev–Trinajstić information content (AvgIpc) is 3.49. The quantitative estimate of drug-likeness (QED) is 0.801. The number of rotatable bonds is 8. The van der Waals surface area contributed by atoms with Gasteiger partial charge in [0, 0.05) is 23.8 Å². The first-order valence-corrected chi connectivity index (χ1v) is 8.50. The molecule has 5 nitrogen and oxygen atoms in total. The zero-order valence-electron chi connectivity index (χ0n) is 14.7. The molecule has 25 heavy (non-hydrogen) atoms. The summed E-state index contributed by atoms with van der Waals surface area (Å²) in [5, 5.41) is 3.20. The summed E-state index contributed by atoms with van der Waals surface area (Å²) in [6, 6.07) is 15.8. The average molecular weight is 340 g/mol. The van der Waals surface area contributed by atoms with Crippen LogP contribution in [0.1, 0.15) is 18.4 Å². The highest BCUT2D eigenvalue weighted by molar-refractivity contribution is 5.81. The van der Waals surface area contributed by atoms with Crippen molar-refractivity contribution in [3.8, 4) is 11.5 Å². The van der Waals surface area contributed by atoms with Crippen LogP contribution in [0.25, 0.3) is 0 Å². The third-order valence-corrected chi connectivity index (χ3v) is 4.35. The highest BCUT2D eigenvalue weighted by Crippen LogP contribution is 2.32. The number of para-hydroxylation sites is 1. The molecule has 1 N–H and O–H groups in total. The fraction of sp³-hybridized carbons (Fsp3) is 0.350. The number of carbonyl (C=O) groups excluding carboxylic acids is 1. The van der Waals surface area contributed by atoms with Gasteiger partial charge >= 0.3 is 0 Å². The second kappa shape index (κ2) is 7.92. The minimum atomic E-state index is 0.0937. The molecule has 0 aromatic heterocycles. The lowest BCUT2D eigenvalue weighted by Crippen LogP contribution is -2.36. The second-order valence-corrected chi connectivity index (χ2v) is 6.15. The Kier molecular flexibility index (Phi) is 5.43. The van der Waals surface area contributed by atoms with Gasteiger partial charge in [0.2, 0.25) is 5.91 Å². The van der Waals surface area contributed by atoms with Crippen LogP contribution in [0.15, 0.2) is 48.5 Å². The van der Waals surface area contributed by atoms with Gasteiger partial charge in [-0.25, -0.2) is 0 Å².